The maximum atomic E-state index is 16.4. The van der Waals surface area contributed by atoms with E-state index in [1.165, 1.54) is 0 Å². The van der Waals surface area contributed by atoms with E-state index in [2.05, 4.69) is 18.9 Å². The minimum Gasteiger partial charge on any atom is -0.394 e. The first kappa shape index (κ1) is 39.1. The lowest BCUT2D eigenvalue weighted by Gasteiger charge is -2.79. The Bertz CT molecular complexity index is 869. The van der Waals surface area contributed by atoms with E-state index in [0.717, 1.165) is 0 Å². The third kappa shape index (κ3) is 3.86. The van der Waals surface area contributed by atoms with Gasteiger partial charge in [0.25, 0.3) is 22.4 Å². The van der Waals surface area contributed by atoms with E-state index in [1.54, 1.807) is 0 Å². The number of hydrogen-bond acceptors (Lipinski definition) is 12. The van der Waals surface area contributed by atoms with Crippen molar-refractivity contribution in [3.8, 4) is 0 Å². The molecular weight excluding hydrogens is 684 g/mol. The molecule has 4 atom stereocenters. The van der Waals surface area contributed by atoms with Gasteiger partial charge in [-0.3, -0.25) is 0 Å². The van der Waals surface area contributed by atoms with Crippen molar-refractivity contribution in [3.05, 3.63) is 0 Å². The summed E-state index contributed by atoms with van der Waals surface area (Å²) in [6.07, 6.45) is -11.1. The van der Waals surface area contributed by atoms with Gasteiger partial charge in [0.2, 0.25) is 0 Å². The average molecular weight is 712 g/mol. The van der Waals surface area contributed by atoms with Crippen LogP contribution in [0.15, 0.2) is 0 Å². The Morgan fingerprint density at radius 1 is 0.326 bits per heavy atom. The molecule has 0 aliphatic heterocycles. The van der Waals surface area contributed by atoms with Gasteiger partial charge in [-0.25, -0.2) is 0 Å². The second kappa shape index (κ2) is 11.6. The highest BCUT2D eigenvalue weighted by molar-refractivity contribution is 5.55. The Morgan fingerprint density at radius 3 is 0.565 bits per heavy atom. The summed E-state index contributed by atoms with van der Waals surface area (Å²) in [5.74, 6) is -44.1. The maximum absolute atomic E-state index is 16.4. The summed E-state index contributed by atoms with van der Waals surface area (Å²) < 4.78 is 213. The molecule has 0 heterocycles. The second-order valence-electron chi connectivity index (χ2n) is 10.8. The van der Waals surface area contributed by atoms with E-state index in [1.807, 2.05) is 0 Å². The quantitative estimate of drug-likeness (QED) is 0.0844. The predicted molar refractivity (Wildman–Crippen MR) is 117 cm³/mol. The van der Waals surface area contributed by atoms with Gasteiger partial charge in [-0.15, -0.1) is 0 Å². The zero-order valence-corrected chi connectivity index (χ0v) is 22.7. The molecule has 0 aromatic heterocycles. The van der Waals surface area contributed by atoms with E-state index in [4.69, 9.17) is 20.4 Å². The summed E-state index contributed by atoms with van der Waals surface area (Å²) in [7, 11) is 0. The van der Waals surface area contributed by atoms with Crippen LogP contribution >= 0.6 is 0 Å². The normalized spacial score (nSPS) is 38.3. The number of ether oxygens (including phenoxy) is 4. The molecular formula is C22H28F12O12. The topological polar surface area (TPSA) is 199 Å². The van der Waals surface area contributed by atoms with E-state index in [0.29, 0.717) is 0 Å². The summed E-state index contributed by atoms with van der Waals surface area (Å²) in [4.78, 5) is 0. The summed E-state index contributed by atoms with van der Waals surface area (Å²) in [6, 6.07) is 0. The van der Waals surface area contributed by atoms with E-state index < -0.39 is 135 Å². The standard InChI is InChI=1S/C22H28F12O12/c23-17(24)13(43-5-9(39)1-35)18(25,26)15(45-7-11(41)3-37)20(29,30)14(17,44-6-10(40)2-36)21(31,32)16(19(13,27)28,22(15,33)34)46-8-12(42)4-38/h9-12,35-42H,1-8H2. The molecule has 4 aliphatic rings. The van der Waals surface area contributed by atoms with Crippen LogP contribution in [0.5, 0.6) is 0 Å². The molecule has 4 saturated carbocycles. The fourth-order valence-electron chi connectivity index (χ4n) is 6.04. The van der Waals surface area contributed by atoms with Gasteiger partial charge in [0.15, 0.2) is 0 Å². The molecule has 46 heavy (non-hydrogen) atoms. The Hall–Kier alpha value is -1.32. The van der Waals surface area contributed by atoms with Crippen molar-refractivity contribution in [2.75, 3.05) is 52.9 Å². The van der Waals surface area contributed by atoms with Gasteiger partial charge in [-0.05, 0) is 0 Å². The Balaban J connectivity index is 2.69. The monoisotopic (exact) mass is 712 g/mol. The van der Waals surface area contributed by atoms with Gasteiger partial charge in [-0.1, -0.05) is 0 Å². The third-order valence-corrected chi connectivity index (χ3v) is 8.12. The molecule has 4 aliphatic carbocycles. The molecule has 272 valence electrons. The second-order valence-corrected chi connectivity index (χ2v) is 10.8. The number of aliphatic hydroxyl groups is 8. The van der Waals surface area contributed by atoms with Gasteiger partial charge in [0.1, 0.15) is 24.4 Å². The molecule has 4 fully saturated rings. The van der Waals surface area contributed by atoms with E-state index >= 15 is 52.7 Å². The molecule has 0 saturated heterocycles. The van der Waals surface area contributed by atoms with E-state index in [-0.39, 0.29) is 0 Å². The molecule has 12 nitrogen and oxygen atoms in total. The van der Waals surface area contributed by atoms with Crippen LogP contribution in [0, 0.1) is 0 Å². The highest BCUT2D eigenvalue weighted by Gasteiger charge is 3.22. The van der Waals surface area contributed by atoms with Gasteiger partial charge < -0.3 is 59.8 Å². The highest BCUT2D eigenvalue weighted by atomic mass is 19.3. The summed E-state index contributed by atoms with van der Waals surface area (Å²) >= 11 is 0. The number of halogens is 12. The lowest BCUT2D eigenvalue weighted by Crippen LogP contribution is -3.12. The van der Waals surface area contributed by atoms with Crippen LogP contribution in [0.1, 0.15) is 0 Å². The van der Waals surface area contributed by atoms with Crippen molar-refractivity contribution < 1.29 is 112 Å². The summed E-state index contributed by atoms with van der Waals surface area (Å²) in [6.45, 7) is -16.6. The van der Waals surface area contributed by atoms with Crippen LogP contribution < -0.4 is 0 Å². The lowest BCUT2D eigenvalue weighted by molar-refractivity contribution is -0.650. The van der Waals surface area contributed by atoms with E-state index in [9.17, 15) is 20.4 Å². The largest absolute Gasteiger partial charge is 0.394 e. The van der Waals surface area contributed by atoms with Crippen LogP contribution in [0.25, 0.3) is 0 Å². The van der Waals surface area contributed by atoms with Crippen LogP contribution in [0.2, 0.25) is 0 Å². The molecule has 0 spiro atoms. The zero-order valence-electron chi connectivity index (χ0n) is 22.7. The summed E-state index contributed by atoms with van der Waals surface area (Å²) in [5.41, 5.74) is -27.1. The first-order chi connectivity index (χ1) is 20.8. The van der Waals surface area contributed by atoms with Crippen molar-refractivity contribution in [1.29, 1.82) is 0 Å². The molecule has 0 aromatic carbocycles. The predicted octanol–water partition coefficient (Wildman–Crippen LogP) is -1.73. The first-order valence-electron chi connectivity index (χ1n) is 12.8. The van der Waals surface area contributed by atoms with Crippen molar-refractivity contribution in [3.63, 3.8) is 0 Å². The summed E-state index contributed by atoms with van der Waals surface area (Å²) in [5, 5.41) is 74.2. The van der Waals surface area contributed by atoms with Crippen molar-refractivity contribution in [2.24, 2.45) is 0 Å². The Kier molecular flexibility index (Phi) is 9.90. The molecule has 24 heteroatoms. The van der Waals surface area contributed by atoms with Crippen LogP contribution in [0.4, 0.5) is 52.7 Å². The molecule has 4 bridgehead atoms. The van der Waals surface area contributed by atoms with Crippen LogP contribution in [-0.4, -0.2) is 176 Å². The number of hydrogen-bond donors (Lipinski definition) is 8. The molecule has 0 amide bonds. The molecule has 0 aromatic rings. The number of aliphatic hydroxyl groups excluding tert-OH is 8. The fraction of sp³-hybridized carbons (Fsp3) is 1.00. The smallest absolute Gasteiger partial charge is 0.329 e. The van der Waals surface area contributed by atoms with Crippen molar-refractivity contribution in [2.45, 2.75) is 82.4 Å². The van der Waals surface area contributed by atoms with Crippen molar-refractivity contribution >= 4 is 0 Å². The van der Waals surface area contributed by atoms with Crippen LogP contribution in [0.3, 0.4) is 0 Å². The minimum atomic E-state index is -7.36. The molecule has 4 rings (SSSR count). The Labute approximate surface area is 248 Å². The molecule has 0 radical (unpaired) electrons. The first-order valence-corrected chi connectivity index (χ1v) is 12.8. The number of alkyl halides is 12. The van der Waals surface area contributed by atoms with Gasteiger partial charge in [0.05, 0.1) is 52.9 Å². The minimum absolute atomic E-state index is 1.72. The Morgan fingerprint density at radius 2 is 0.457 bits per heavy atom. The lowest BCUT2D eigenvalue weighted by atomic mass is 9.38. The van der Waals surface area contributed by atoms with Crippen LogP contribution in [-0.2, 0) is 18.9 Å². The highest BCUT2D eigenvalue weighted by Crippen LogP contribution is 2.88. The number of rotatable bonds is 16. The fourth-order valence-corrected chi connectivity index (χ4v) is 6.04. The maximum Gasteiger partial charge on any atom is 0.329 e. The van der Waals surface area contributed by atoms with Gasteiger partial charge in [-0.2, -0.15) is 52.7 Å². The third-order valence-electron chi connectivity index (χ3n) is 8.12. The molecule has 8 N–H and O–H groups in total. The molecule has 4 unspecified atom stereocenters. The van der Waals surface area contributed by atoms with Crippen molar-refractivity contribution in [1.82, 2.24) is 0 Å². The SMILES string of the molecule is OCC(O)COC12C(F)(F)C3(OCC(O)CO)C(F)(F)C(OCC(O)CO)(C1(F)F)C(F)(F)C(OCC(O)CO)(C2(F)F)C3(F)F. The van der Waals surface area contributed by atoms with Gasteiger partial charge in [0, 0.05) is 0 Å². The average Bonchev–Trinajstić information content (AvgIpc) is 2.94. The van der Waals surface area contributed by atoms with Gasteiger partial charge >= 0.3 is 35.5 Å². The zero-order chi connectivity index (χ0) is 35.8.